The molecule has 0 aliphatic heterocycles. The third kappa shape index (κ3) is 3.16. The lowest BCUT2D eigenvalue weighted by Crippen LogP contribution is -2.26. The summed E-state index contributed by atoms with van der Waals surface area (Å²) in [6, 6.07) is 16.8. The monoisotopic (exact) mass is 266 g/mol. The fourth-order valence-corrected chi connectivity index (χ4v) is 2.53. The molecule has 104 valence electrons. The molecule has 0 spiro atoms. The zero-order chi connectivity index (χ0) is 14.6. The number of rotatable bonds is 5. The molecule has 1 unspecified atom stereocenters. The standard InChI is InChI=1S/C19H22O/c1-4-16-8-10-17(11-9-16)13-19(3,14-20)18-7-5-6-15(2)12-18/h5-12,14H,4,13H2,1-3H3. The molecule has 0 radical (unpaired) electrons. The molecule has 0 saturated heterocycles. The molecule has 1 nitrogen and oxygen atoms in total. The first-order valence-corrected chi connectivity index (χ1v) is 7.18. The van der Waals surface area contributed by atoms with Crippen molar-refractivity contribution in [2.75, 3.05) is 0 Å². The van der Waals surface area contributed by atoms with Gasteiger partial charge in [-0.1, -0.05) is 61.0 Å². The highest BCUT2D eigenvalue weighted by Gasteiger charge is 2.26. The number of hydrogen-bond donors (Lipinski definition) is 0. The van der Waals surface area contributed by atoms with Gasteiger partial charge in [-0.05, 0) is 43.4 Å². The van der Waals surface area contributed by atoms with Crippen LogP contribution in [0.5, 0.6) is 0 Å². The average Bonchev–Trinajstić information content (AvgIpc) is 2.48. The summed E-state index contributed by atoms with van der Waals surface area (Å²) in [4.78, 5) is 11.7. The predicted octanol–water partition coefficient (Wildman–Crippen LogP) is 4.26. The minimum Gasteiger partial charge on any atom is -0.302 e. The quantitative estimate of drug-likeness (QED) is 0.739. The van der Waals surface area contributed by atoms with Gasteiger partial charge < -0.3 is 4.79 Å². The Balaban J connectivity index is 2.28. The van der Waals surface area contributed by atoms with Crippen molar-refractivity contribution in [2.24, 2.45) is 0 Å². The SMILES string of the molecule is CCc1ccc(CC(C)(C=O)c2cccc(C)c2)cc1. The first-order valence-electron chi connectivity index (χ1n) is 7.18. The number of aryl methyl sites for hydroxylation is 2. The molecular formula is C19H22O. The van der Waals surface area contributed by atoms with Crippen molar-refractivity contribution in [3.8, 4) is 0 Å². The third-order valence-electron chi connectivity index (χ3n) is 3.94. The fraction of sp³-hybridized carbons (Fsp3) is 0.316. The number of carbonyl (C=O) groups is 1. The Kier molecular flexibility index (Phi) is 4.39. The summed E-state index contributed by atoms with van der Waals surface area (Å²) >= 11 is 0. The molecule has 0 fully saturated rings. The molecule has 0 bridgehead atoms. The smallest absolute Gasteiger partial charge is 0.130 e. The van der Waals surface area contributed by atoms with E-state index in [1.807, 2.05) is 19.1 Å². The van der Waals surface area contributed by atoms with E-state index >= 15 is 0 Å². The normalized spacial score (nSPS) is 13.8. The minimum atomic E-state index is -0.459. The minimum absolute atomic E-state index is 0.459. The Morgan fingerprint density at radius 2 is 1.70 bits per heavy atom. The van der Waals surface area contributed by atoms with Gasteiger partial charge in [0, 0.05) is 0 Å². The van der Waals surface area contributed by atoms with Crippen LogP contribution in [0.15, 0.2) is 48.5 Å². The van der Waals surface area contributed by atoms with Gasteiger partial charge in [-0.15, -0.1) is 0 Å². The van der Waals surface area contributed by atoms with Gasteiger partial charge in [0.2, 0.25) is 0 Å². The number of aldehydes is 1. The maximum Gasteiger partial charge on any atom is 0.130 e. The molecule has 2 rings (SSSR count). The molecule has 0 aliphatic carbocycles. The molecule has 1 heteroatoms. The second kappa shape index (κ2) is 6.04. The van der Waals surface area contributed by atoms with Gasteiger partial charge in [0.05, 0.1) is 5.41 Å². The van der Waals surface area contributed by atoms with Crippen molar-refractivity contribution in [1.29, 1.82) is 0 Å². The zero-order valence-corrected chi connectivity index (χ0v) is 12.5. The highest BCUT2D eigenvalue weighted by molar-refractivity contribution is 5.69. The van der Waals surface area contributed by atoms with E-state index in [4.69, 9.17) is 0 Å². The maximum atomic E-state index is 11.7. The Bertz CT molecular complexity index is 583. The maximum absolute atomic E-state index is 11.7. The molecule has 0 amide bonds. The number of carbonyl (C=O) groups excluding carboxylic acids is 1. The summed E-state index contributed by atoms with van der Waals surface area (Å²) in [5, 5.41) is 0. The summed E-state index contributed by atoms with van der Waals surface area (Å²) in [7, 11) is 0. The van der Waals surface area contributed by atoms with E-state index in [2.05, 4.69) is 50.2 Å². The first-order chi connectivity index (χ1) is 9.57. The van der Waals surface area contributed by atoms with E-state index in [9.17, 15) is 4.79 Å². The van der Waals surface area contributed by atoms with Crippen molar-refractivity contribution in [2.45, 2.75) is 39.0 Å². The molecule has 0 N–H and O–H groups in total. The van der Waals surface area contributed by atoms with Gasteiger partial charge in [-0.2, -0.15) is 0 Å². The third-order valence-corrected chi connectivity index (χ3v) is 3.94. The van der Waals surface area contributed by atoms with Gasteiger partial charge in [0.15, 0.2) is 0 Å². The molecular weight excluding hydrogens is 244 g/mol. The Morgan fingerprint density at radius 1 is 1.05 bits per heavy atom. The Morgan fingerprint density at radius 3 is 2.25 bits per heavy atom. The molecule has 0 aliphatic rings. The van der Waals surface area contributed by atoms with Crippen LogP contribution in [0, 0.1) is 6.92 Å². The van der Waals surface area contributed by atoms with E-state index in [1.54, 1.807) is 0 Å². The van der Waals surface area contributed by atoms with Crippen LogP contribution in [-0.2, 0) is 23.1 Å². The topological polar surface area (TPSA) is 17.1 Å². The largest absolute Gasteiger partial charge is 0.302 e. The molecule has 0 heterocycles. The lowest BCUT2D eigenvalue weighted by atomic mass is 9.78. The van der Waals surface area contributed by atoms with Gasteiger partial charge in [0.25, 0.3) is 0 Å². The summed E-state index contributed by atoms with van der Waals surface area (Å²) in [6.07, 6.45) is 2.86. The first kappa shape index (κ1) is 14.5. The average molecular weight is 266 g/mol. The van der Waals surface area contributed by atoms with Crippen molar-refractivity contribution < 1.29 is 4.79 Å². The van der Waals surface area contributed by atoms with E-state index in [-0.39, 0.29) is 0 Å². The van der Waals surface area contributed by atoms with Gasteiger partial charge in [0.1, 0.15) is 6.29 Å². The lowest BCUT2D eigenvalue weighted by Gasteiger charge is -2.24. The van der Waals surface area contributed by atoms with Gasteiger partial charge in [-0.25, -0.2) is 0 Å². The fourth-order valence-electron chi connectivity index (χ4n) is 2.53. The van der Waals surface area contributed by atoms with E-state index in [0.29, 0.717) is 0 Å². The second-order valence-corrected chi connectivity index (χ2v) is 5.75. The molecule has 2 aromatic carbocycles. The van der Waals surface area contributed by atoms with E-state index in [0.717, 1.165) is 24.7 Å². The van der Waals surface area contributed by atoms with Crippen LogP contribution >= 0.6 is 0 Å². The van der Waals surface area contributed by atoms with Crippen LogP contribution in [0.25, 0.3) is 0 Å². The van der Waals surface area contributed by atoms with Gasteiger partial charge in [-0.3, -0.25) is 0 Å². The van der Waals surface area contributed by atoms with Crippen molar-refractivity contribution in [3.05, 3.63) is 70.8 Å². The van der Waals surface area contributed by atoms with Crippen LogP contribution in [0.2, 0.25) is 0 Å². The summed E-state index contributed by atoms with van der Waals surface area (Å²) in [6.45, 7) is 6.23. The number of hydrogen-bond acceptors (Lipinski definition) is 1. The summed E-state index contributed by atoms with van der Waals surface area (Å²) < 4.78 is 0. The molecule has 20 heavy (non-hydrogen) atoms. The molecule has 0 aromatic heterocycles. The number of benzene rings is 2. The molecule has 1 atom stereocenters. The van der Waals surface area contributed by atoms with E-state index < -0.39 is 5.41 Å². The Labute approximate surface area is 121 Å². The summed E-state index contributed by atoms with van der Waals surface area (Å²) in [5.74, 6) is 0. The van der Waals surface area contributed by atoms with Crippen LogP contribution < -0.4 is 0 Å². The van der Waals surface area contributed by atoms with Crippen molar-refractivity contribution >= 4 is 6.29 Å². The van der Waals surface area contributed by atoms with Crippen LogP contribution in [0.4, 0.5) is 0 Å². The van der Waals surface area contributed by atoms with Crippen LogP contribution in [-0.4, -0.2) is 6.29 Å². The van der Waals surface area contributed by atoms with Crippen LogP contribution in [0.1, 0.15) is 36.1 Å². The predicted molar refractivity (Wildman–Crippen MR) is 84.1 cm³/mol. The molecule has 2 aromatic rings. The molecule has 0 saturated carbocycles. The summed E-state index contributed by atoms with van der Waals surface area (Å²) in [5.41, 5.74) is 4.36. The van der Waals surface area contributed by atoms with Crippen LogP contribution in [0.3, 0.4) is 0 Å². The van der Waals surface area contributed by atoms with Crippen molar-refractivity contribution in [3.63, 3.8) is 0 Å². The van der Waals surface area contributed by atoms with E-state index in [1.165, 1.54) is 16.7 Å². The zero-order valence-electron chi connectivity index (χ0n) is 12.5. The lowest BCUT2D eigenvalue weighted by molar-refractivity contribution is -0.112. The highest BCUT2D eigenvalue weighted by atomic mass is 16.1. The highest BCUT2D eigenvalue weighted by Crippen LogP contribution is 2.27. The Hall–Kier alpha value is -1.89. The van der Waals surface area contributed by atoms with Gasteiger partial charge >= 0.3 is 0 Å². The second-order valence-electron chi connectivity index (χ2n) is 5.75. The van der Waals surface area contributed by atoms with Crippen molar-refractivity contribution in [1.82, 2.24) is 0 Å².